The third-order valence-corrected chi connectivity index (χ3v) is 2.78. The molecule has 94 valence electrons. The number of rotatable bonds is 5. The van der Waals surface area contributed by atoms with Gasteiger partial charge in [-0.2, -0.15) is 0 Å². The highest BCUT2D eigenvalue weighted by Gasteiger charge is 2.17. The Hall–Kier alpha value is -1.51. The monoisotopic (exact) mass is 235 g/mol. The van der Waals surface area contributed by atoms with Crippen LogP contribution in [0.1, 0.15) is 38.8 Å². The van der Waals surface area contributed by atoms with Gasteiger partial charge in [0.25, 0.3) is 0 Å². The smallest absolute Gasteiger partial charge is 0.220 e. The van der Waals surface area contributed by atoms with Crippen LogP contribution in [-0.4, -0.2) is 13.0 Å². The van der Waals surface area contributed by atoms with Crippen molar-refractivity contribution in [2.45, 2.75) is 33.2 Å². The second-order valence-electron chi connectivity index (χ2n) is 4.42. The van der Waals surface area contributed by atoms with Gasteiger partial charge in [-0.15, -0.1) is 0 Å². The van der Waals surface area contributed by atoms with Crippen molar-refractivity contribution in [1.82, 2.24) is 5.32 Å². The first kappa shape index (κ1) is 13.6. The summed E-state index contributed by atoms with van der Waals surface area (Å²) in [6.45, 7) is 6.07. The van der Waals surface area contributed by atoms with E-state index >= 15 is 0 Å². The fraction of sp³-hybridized carbons (Fsp3) is 0.500. The minimum atomic E-state index is 0.0633. The van der Waals surface area contributed by atoms with Crippen molar-refractivity contribution in [2.24, 2.45) is 5.92 Å². The predicted molar refractivity (Wildman–Crippen MR) is 69.0 cm³/mol. The Labute approximate surface area is 103 Å². The quantitative estimate of drug-likeness (QED) is 0.852. The number of ether oxygens (including phenoxy) is 1. The van der Waals surface area contributed by atoms with Crippen molar-refractivity contribution < 1.29 is 9.53 Å². The maximum absolute atomic E-state index is 11.5. The molecule has 0 aliphatic carbocycles. The van der Waals surface area contributed by atoms with Gasteiger partial charge in [0.15, 0.2) is 0 Å². The van der Waals surface area contributed by atoms with Gasteiger partial charge in [-0.1, -0.05) is 32.9 Å². The number of methoxy groups -OCH3 is 1. The summed E-state index contributed by atoms with van der Waals surface area (Å²) < 4.78 is 5.12. The molecule has 0 saturated carbocycles. The van der Waals surface area contributed by atoms with E-state index in [0.29, 0.717) is 12.3 Å². The van der Waals surface area contributed by atoms with E-state index in [1.54, 1.807) is 7.11 Å². The molecule has 0 radical (unpaired) electrons. The summed E-state index contributed by atoms with van der Waals surface area (Å²) in [5.41, 5.74) is 1.11. The van der Waals surface area contributed by atoms with Crippen LogP contribution in [0.4, 0.5) is 0 Å². The molecule has 0 heterocycles. The molecule has 0 aromatic heterocycles. The molecule has 0 fully saturated rings. The van der Waals surface area contributed by atoms with Crippen LogP contribution in [0.3, 0.4) is 0 Å². The molecule has 1 amide bonds. The number of carbonyl (C=O) groups is 1. The largest absolute Gasteiger partial charge is 0.497 e. The topological polar surface area (TPSA) is 38.3 Å². The van der Waals surface area contributed by atoms with E-state index in [-0.39, 0.29) is 11.9 Å². The SMILES string of the molecule is CCC(=O)N[C@@H](c1ccc(OC)cc1)C(C)C. The third kappa shape index (κ3) is 3.77. The van der Waals surface area contributed by atoms with Crippen LogP contribution in [0.25, 0.3) is 0 Å². The molecule has 0 aliphatic rings. The molecule has 1 atom stereocenters. The van der Waals surface area contributed by atoms with E-state index < -0.39 is 0 Å². The van der Waals surface area contributed by atoms with Crippen molar-refractivity contribution in [3.05, 3.63) is 29.8 Å². The molecule has 1 aromatic carbocycles. The van der Waals surface area contributed by atoms with Gasteiger partial charge in [-0.3, -0.25) is 4.79 Å². The summed E-state index contributed by atoms with van der Waals surface area (Å²) in [5, 5.41) is 3.04. The van der Waals surface area contributed by atoms with Crippen molar-refractivity contribution >= 4 is 5.91 Å². The van der Waals surface area contributed by atoms with Crippen molar-refractivity contribution in [3.8, 4) is 5.75 Å². The van der Waals surface area contributed by atoms with Gasteiger partial charge in [-0.25, -0.2) is 0 Å². The first-order valence-electron chi connectivity index (χ1n) is 6.01. The van der Waals surface area contributed by atoms with Crippen LogP contribution in [0.5, 0.6) is 5.75 Å². The zero-order chi connectivity index (χ0) is 12.8. The molecule has 0 spiro atoms. The standard InChI is InChI=1S/C14H21NO2/c1-5-13(16)15-14(10(2)3)11-6-8-12(17-4)9-7-11/h6-10,14H,5H2,1-4H3,(H,15,16)/t14-/m1/s1. The van der Waals surface area contributed by atoms with E-state index in [1.807, 2.05) is 31.2 Å². The lowest BCUT2D eigenvalue weighted by atomic mass is 9.96. The lowest BCUT2D eigenvalue weighted by Crippen LogP contribution is -2.31. The lowest BCUT2D eigenvalue weighted by molar-refractivity contribution is -0.121. The summed E-state index contributed by atoms with van der Waals surface area (Å²) in [7, 11) is 1.65. The number of hydrogen-bond donors (Lipinski definition) is 1. The van der Waals surface area contributed by atoms with Crippen LogP contribution < -0.4 is 10.1 Å². The van der Waals surface area contributed by atoms with Gasteiger partial charge in [0, 0.05) is 6.42 Å². The van der Waals surface area contributed by atoms with Gasteiger partial charge >= 0.3 is 0 Å². The zero-order valence-corrected chi connectivity index (χ0v) is 11.0. The van der Waals surface area contributed by atoms with E-state index in [9.17, 15) is 4.79 Å². The third-order valence-electron chi connectivity index (χ3n) is 2.78. The molecule has 1 rings (SSSR count). The second kappa shape index (κ2) is 6.28. The number of carbonyl (C=O) groups excluding carboxylic acids is 1. The average molecular weight is 235 g/mol. The summed E-state index contributed by atoms with van der Waals surface area (Å²) in [5.74, 6) is 1.27. The summed E-state index contributed by atoms with van der Waals surface area (Å²) in [6, 6.07) is 7.90. The molecular weight excluding hydrogens is 214 g/mol. The predicted octanol–water partition coefficient (Wildman–Crippen LogP) is 2.92. The number of nitrogens with one attached hydrogen (secondary N) is 1. The molecule has 1 N–H and O–H groups in total. The Morgan fingerprint density at radius 1 is 1.29 bits per heavy atom. The van der Waals surface area contributed by atoms with Gasteiger partial charge in [0.1, 0.15) is 5.75 Å². The first-order valence-corrected chi connectivity index (χ1v) is 6.01. The molecular formula is C14H21NO2. The molecule has 3 nitrogen and oxygen atoms in total. The lowest BCUT2D eigenvalue weighted by Gasteiger charge is -2.22. The number of benzene rings is 1. The van der Waals surface area contributed by atoms with Gasteiger partial charge in [-0.05, 0) is 23.6 Å². The second-order valence-corrected chi connectivity index (χ2v) is 4.42. The van der Waals surface area contributed by atoms with E-state index in [4.69, 9.17) is 4.74 Å². The molecule has 17 heavy (non-hydrogen) atoms. The Balaban J connectivity index is 2.85. The highest BCUT2D eigenvalue weighted by atomic mass is 16.5. The van der Waals surface area contributed by atoms with Gasteiger partial charge < -0.3 is 10.1 Å². The van der Waals surface area contributed by atoms with Crippen LogP contribution >= 0.6 is 0 Å². The highest BCUT2D eigenvalue weighted by molar-refractivity contribution is 5.76. The van der Waals surface area contributed by atoms with Crippen LogP contribution in [0.15, 0.2) is 24.3 Å². The van der Waals surface area contributed by atoms with Crippen molar-refractivity contribution in [3.63, 3.8) is 0 Å². The van der Waals surface area contributed by atoms with Crippen LogP contribution in [0, 0.1) is 5.92 Å². The molecule has 0 aliphatic heterocycles. The van der Waals surface area contributed by atoms with Gasteiger partial charge in [0.2, 0.25) is 5.91 Å². The number of amides is 1. The summed E-state index contributed by atoms with van der Waals surface area (Å²) in [6.07, 6.45) is 0.513. The fourth-order valence-corrected chi connectivity index (χ4v) is 1.72. The highest BCUT2D eigenvalue weighted by Crippen LogP contribution is 2.23. The van der Waals surface area contributed by atoms with Crippen LogP contribution in [-0.2, 0) is 4.79 Å². The Morgan fingerprint density at radius 2 is 1.88 bits per heavy atom. The first-order chi connectivity index (χ1) is 8.08. The maximum atomic E-state index is 11.5. The Morgan fingerprint density at radius 3 is 2.29 bits per heavy atom. The molecule has 1 aromatic rings. The molecule has 0 bridgehead atoms. The zero-order valence-electron chi connectivity index (χ0n) is 11.0. The number of hydrogen-bond acceptors (Lipinski definition) is 2. The van der Waals surface area contributed by atoms with E-state index in [0.717, 1.165) is 11.3 Å². The van der Waals surface area contributed by atoms with Crippen molar-refractivity contribution in [1.29, 1.82) is 0 Å². The summed E-state index contributed by atoms with van der Waals surface area (Å²) in [4.78, 5) is 11.5. The van der Waals surface area contributed by atoms with Gasteiger partial charge in [0.05, 0.1) is 13.2 Å². The molecule has 3 heteroatoms. The van der Waals surface area contributed by atoms with Crippen LogP contribution in [0.2, 0.25) is 0 Å². The average Bonchev–Trinajstić information content (AvgIpc) is 2.35. The van der Waals surface area contributed by atoms with E-state index in [1.165, 1.54) is 0 Å². The van der Waals surface area contributed by atoms with E-state index in [2.05, 4.69) is 19.2 Å². The molecule has 0 saturated heterocycles. The minimum absolute atomic E-state index is 0.0633. The van der Waals surface area contributed by atoms with Crippen molar-refractivity contribution in [2.75, 3.05) is 7.11 Å². The maximum Gasteiger partial charge on any atom is 0.220 e. The summed E-state index contributed by atoms with van der Waals surface area (Å²) >= 11 is 0. The fourth-order valence-electron chi connectivity index (χ4n) is 1.72. The molecule has 0 unspecified atom stereocenters. The Bertz CT molecular complexity index is 357. The Kier molecular flexibility index (Phi) is 5.01. The normalized spacial score (nSPS) is 12.3. The minimum Gasteiger partial charge on any atom is -0.497 e.